The zero-order valence-electron chi connectivity index (χ0n) is 17.2. The molecule has 1 amide bonds. The molecular weight excluding hydrogens is 378 g/mol. The van der Waals surface area contributed by atoms with Gasteiger partial charge in [0.2, 0.25) is 0 Å². The summed E-state index contributed by atoms with van der Waals surface area (Å²) < 4.78 is 17.5. The van der Waals surface area contributed by atoms with Gasteiger partial charge in [-0.3, -0.25) is 4.79 Å². The van der Waals surface area contributed by atoms with E-state index >= 15 is 0 Å². The van der Waals surface area contributed by atoms with Gasteiger partial charge in [-0.1, -0.05) is 36.4 Å². The Bertz CT molecular complexity index is 1010. The summed E-state index contributed by atoms with van der Waals surface area (Å²) in [7, 11) is 0. The Labute approximate surface area is 177 Å². The predicted octanol–water partition coefficient (Wildman–Crippen LogP) is 4.73. The van der Waals surface area contributed by atoms with Crippen molar-refractivity contribution in [2.45, 2.75) is 32.5 Å². The highest BCUT2D eigenvalue weighted by molar-refractivity contribution is 5.94. The van der Waals surface area contributed by atoms with E-state index in [2.05, 4.69) is 17.4 Å². The maximum atomic E-state index is 12.6. The van der Waals surface area contributed by atoms with Gasteiger partial charge >= 0.3 is 0 Å². The lowest BCUT2D eigenvalue weighted by Crippen LogP contribution is -2.31. The average Bonchev–Trinajstić information content (AvgIpc) is 3.30. The number of amides is 1. The molecule has 0 aromatic heterocycles. The van der Waals surface area contributed by atoms with Crippen molar-refractivity contribution < 1.29 is 19.0 Å². The van der Waals surface area contributed by atoms with Crippen LogP contribution in [0.25, 0.3) is 10.8 Å². The molecule has 1 atom stereocenters. The van der Waals surface area contributed by atoms with Gasteiger partial charge in [0.05, 0.1) is 12.7 Å². The number of rotatable bonds is 8. The van der Waals surface area contributed by atoms with Crippen LogP contribution in [-0.2, 0) is 11.3 Å². The second kappa shape index (κ2) is 9.63. The number of nitrogens with one attached hydrogen (secondary N) is 1. The van der Waals surface area contributed by atoms with Crippen molar-refractivity contribution in [3.05, 3.63) is 71.8 Å². The monoisotopic (exact) mass is 405 g/mol. The fourth-order valence-electron chi connectivity index (χ4n) is 3.72. The van der Waals surface area contributed by atoms with Crippen molar-refractivity contribution >= 4 is 16.7 Å². The highest BCUT2D eigenvalue weighted by atomic mass is 16.5. The third-order valence-corrected chi connectivity index (χ3v) is 5.27. The van der Waals surface area contributed by atoms with Crippen LogP contribution in [0.4, 0.5) is 0 Å². The Kier molecular flexibility index (Phi) is 6.50. The van der Waals surface area contributed by atoms with E-state index in [1.165, 1.54) is 0 Å². The molecule has 30 heavy (non-hydrogen) atoms. The first kappa shape index (κ1) is 20.2. The van der Waals surface area contributed by atoms with Gasteiger partial charge in [-0.2, -0.15) is 0 Å². The first-order valence-corrected chi connectivity index (χ1v) is 10.5. The molecule has 5 nitrogen and oxygen atoms in total. The number of ether oxygens (including phenoxy) is 3. The standard InChI is InChI=1S/C25H27NO4/c1-2-28-23-13-12-19(25(27)26-16-21-9-6-14-29-21)15-20(23)17-30-24-11-5-8-18-7-3-4-10-22(18)24/h3-5,7-8,10-13,15,21H,2,6,9,14,16-17H2,1H3,(H,26,27). The Morgan fingerprint density at radius 2 is 1.93 bits per heavy atom. The summed E-state index contributed by atoms with van der Waals surface area (Å²) in [5.41, 5.74) is 1.43. The lowest BCUT2D eigenvalue weighted by molar-refractivity contribution is 0.0857. The van der Waals surface area contributed by atoms with Crippen molar-refractivity contribution in [3.63, 3.8) is 0 Å². The molecule has 156 valence electrons. The van der Waals surface area contributed by atoms with E-state index in [0.717, 1.165) is 47.3 Å². The summed E-state index contributed by atoms with van der Waals surface area (Å²) in [5.74, 6) is 1.43. The molecule has 5 heteroatoms. The van der Waals surface area contributed by atoms with Gasteiger partial charge in [-0.15, -0.1) is 0 Å². The topological polar surface area (TPSA) is 56.8 Å². The molecule has 0 saturated carbocycles. The first-order valence-electron chi connectivity index (χ1n) is 10.5. The zero-order chi connectivity index (χ0) is 20.8. The van der Waals surface area contributed by atoms with Crippen LogP contribution in [0.3, 0.4) is 0 Å². The summed E-state index contributed by atoms with van der Waals surface area (Å²) in [6, 6.07) is 19.6. The molecule has 1 aliphatic rings. The number of carbonyl (C=O) groups is 1. The first-order chi connectivity index (χ1) is 14.7. The van der Waals surface area contributed by atoms with Crippen LogP contribution in [0.2, 0.25) is 0 Å². The maximum Gasteiger partial charge on any atom is 0.251 e. The number of fused-ring (bicyclic) bond motifs is 1. The fraction of sp³-hybridized carbons (Fsp3) is 0.320. The van der Waals surface area contributed by atoms with Crippen LogP contribution < -0.4 is 14.8 Å². The third-order valence-electron chi connectivity index (χ3n) is 5.27. The van der Waals surface area contributed by atoms with Crippen LogP contribution in [0, 0.1) is 0 Å². The van der Waals surface area contributed by atoms with Gasteiger partial charge in [-0.25, -0.2) is 0 Å². The van der Waals surface area contributed by atoms with Gasteiger partial charge in [0.1, 0.15) is 18.1 Å². The summed E-state index contributed by atoms with van der Waals surface area (Å²) in [6.45, 7) is 4.12. The highest BCUT2D eigenvalue weighted by Crippen LogP contribution is 2.28. The van der Waals surface area contributed by atoms with E-state index in [1.807, 2.05) is 49.4 Å². The third kappa shape index (κ3) is 4.74. The summed E-state index contributed by atoms with van der Waals surface area (Å²) in [5, 5.41) is 5.16. The average molecular weight is 405 g/mol. The van der Waals surface area contributed by atoms with Gasteiger partial charge in [0, 0.05) is 29.7 Å². The largest absolute Gasteiger partial charge is 0.493 e. The maximum absolute atomic E-state index is 12.6. The van der Waals surface area contributed by atoms with E-state index < -0.39 is 0 Å². The summed E-state index contributed by atoms with van der Waals surface area (Å²) >= 11 is 0. The second-order valence-corrected chi connectivity index (χ2v) is 7.37. The van der Waals surface area contributed by atoms with E-state index in [4.69, 9.17) is 14.2 Å². The van der Waals surface area contributed by atoms with Crippen molar-refractivity contribution in [1.29, 1.82) is 0 Å². The normalized spacial score (nSPS) is 15.8. The van der Waals surface area contributed by atoms with E-state index in [1.54, 1.807) is 6.07 Å². The molecule has 0 radical (unpaired) electrons. The Morgan fingerprint density at radius 3 is 2.77 bits per heavy atom. The SMILES string of the molecule is CCOc1ccc(C(=O)NCC2CCCO2)cc1COc1cccc2ccccc12. The van der Waals surface area contributed by atoms with E-state index in [0.29, 0.717) is 25.3 Å². The van der Waals surface area contributed by atoms with E-state index in [-0.39, 0.29) is 12.0 Å². The zero-order valence-corrected chi connectivity index (χ0v) is 17.2. The molecule has 0 aliphatic carbocycles. The molecule has 1 aliphatic heterocycles. The van der Waals surface area contributed by atoms with Crippen molar-refractivity contribution in [2.24, 2.45) is 0 Å². The molecule has 1 fully saturated rings. The molecule has 4 rings (SSSR count). The smallest absolute Gasteiger partial charge is 0.251 e. The minimum Gasteiger partial charge on any atom is -0.493 e. The minimum absolute atomic E-state index is 0.111. The Balaban J connectivity index is 1.50. The summed E-state index contributed by atoms with van der Waals surface area (Å²) in [6.07, 6.45) is 2.17. The predicted molar refractivity (Wildman–Crippen MR) is 117 cm³/mol. The molecule has 1 N–H and O–H groups in total. The number of carbonyl (C=O) groups excluding carboxylic acids is 1. The number of hydrogen-bond donors (Lipinski definition) is 1. The van der Waals surface area contributed by atoms with Gasteiger partial charge < -0.3 is 19.5 Å². The second-order valence-electron chi connectivity index (χ2n) is 7.37. The minimum atomic E-state index is -0.111. The van der Waals surface area contributed by atoms with Crippen LogP contribution >= 0.6 is 0 Å². The lowest BCUT2D eigenvalue weighted by atomic mass is 10.1. The number of benzene rings is 3. The van der Waals surface area contributed by atoms with Crippen LogP contribution in [0.15, 0.2) is 60.7 Å². The molecule has 1 unspecified atom stereocenters. The molecule has 0 spiro atoms. The van der Waals surface area contributed by atoms with E-state index in [9.17, 15) is 4.79 Å². The Morgan fingerprint density at radius 1 is 1.07 bits per heavy atom. The lowest BCUT2D eigenvalue weighted by Gasteiger charge is -2.15. The Hall–Kier alpha value is -3.05. The molecule has 3 aromatic carbocycles. The van der Waals surface area contributed by atoms with Crippen molar-refractivity contribution in [1.82, 2.24) is 5.32 Å². The molecular formula is C25H27NO4. The summed E-state index contributed by atoms with van der Waals surface area (Å²) in [4.78, 5) is 12.6. The fourth-order valence-corrected chi connectivity index (χ4v) is 3.72. The molecule has 3 aromatic rings. The molecule has 1 heterocycles. The molecule has 0 bridgehead atoms. The van der Waals surface area contributed by atoms with Crippen LogP contribution in [-0.4, -0.2) is 31.8 Å². The van der Waals surface area contributed by atoms with Crippen molar-refractivity contribution in [3.8, 4) is 11.5 Å². The highest BCUT2D eigenvalue weighted by Gasteiger charge is 2.17. The van der Waals surface area contributed by atoms with Gasteiger partial charge in [0.15, 0.2) is 0 Å². The van der Waals surface area contributed by atoms with Crippen molar-refractivity contribution in [2.75, 3.05) is 19.8 Å². The van der Waals surface area contributed by atoms with Gasteiger partial charge in [0.25, 0.3) is 5.91 Å². The van der Waals surface area contributed by atoms with Crippen LogP contribution in [0.5, 0.6) is 11.5 Å². The van der Waals surface area contributed by atoms with Gasteiger partial charge in [-0.05, 0) is 49.4 Å². The number of hydrogen-bond acceptors (Lipinski definition) is 4. The van der Waals surface area contributed by atoms with Crippen LogP contribution in [0.1, 0.15) is 35.7 Å². The quantitative estimate of drug-likeness (QED) is 0.589. The molecule has 1 saturated heterocycles.